The number of nitrogens with zero attached hydrogens (tertiary/aromatic N) is 1. The van der Waals surface area contributed by atoms with Crippen LogP contribution in [-0.4, -0.2) is 49.6 Å². The molecule has 32 heavy (non-hydrogen) atoms. The van der Waals surface area contributed by atoms with E-state index in [0.717, 1.165) is 0 Å². The number of nitrogens with one attached hydrogen (secondary N) is 2. The van der Waals surface area contributed by atoms with E-state index in [1.54, 1.807) is 69.5 Å². The fourth-order valence-corrected chi connectivity index (χ4v) is 3.21. The number of urea groups is 1. The van der Waals surface area contributed by atoms with Crippen LogP contribution in [0.25, 0.3) is 0 Å². The molecule has 2 rings (SSSR count). The monoisotopic (exact) mass is 461 g/mol. The fraction of sp³-hybridized carbons (Fsp3) is 0.348. The van der Waals surface area contributed by atoms with Crippen molar-refractivity contribution in [1.29, 1.82) is 0 Å². The minimum absolute atomic E-state index is 0.0212. The summed E-state index contributed by atoms with van der Waals surface area (Å²) in [5.74, 6) is -0.126. The molecule has 0 radical (unpaired) electrons. The van der Waals surface area contributed by atoms with Gasteiger partial charge in [0.1, 0.15) is 5.75 Å². The molecule has 9 heteroatoms. The van der Waals surface area contributed by atoms with Crippen molar-refractivity contribution in [1.82, 2.24) is 10.2 Å². The second-order valence-corrected chi connectivity index (χ2v) is 7.18. The third-order valence-corrected chi connectivity index (χ3v) is 4.89. The lowest BCUT2D eigenvalue weighted by Gasteiger charge is -2.29. The molecule has 0 heterocycles. The molecule has 0 aliphatic carbocycles. The van der Waals surface area contributed by atoms with Crippen molar-refractivity contribution in [3.63, 3.8) is 0 Å². The van der Waals surface area contributed by atoms with Crippen LogP contribution >= 0.6 is 11.6 Å². The van der Waals surface area contributed by atoms with Crippen molar-refractivity contribution in [3.05, 3.63) is 59.1 Å². The van der Waals surface area contributed by atoms with Crippen molar-refractivity contribution in [3.8, 4) is 5.75 Å². The third-order valence-electron chi connectivity index (χ3n) is 4.64. The number of likely N-dealkylation sites (N-methyl/N-ethyl adjacent to an activating group) is 1. The van der Waals surface area contributed by atoms with Crippen LogP contribution in [-0.2, 0) is 14.3 Å². The molecule has 2 aromatic rings. The Labute approximate surface area is 192 Å². The highest BCUT2D eigenvalue weighted by atomic mass is 35.5. The number of carbonyl (C=O) groups is 3. The van der Waals surface area contributed by atoms with E-state index in [2.05, 4.69) is 10.6 Å². The molecule has 0 fully saturated rings. The van der Waals surface area contributed by atoms with E-state index in [1.165, 1.54) is 4.90 Å². The maximum absolute atomic E-state index is 12.9. The number of esters is 1. The maximum Gasteiger partial charge on any atom is 0.333 e. The van der Waals surface area contributed by atoms with Gasteiger partial charge in [0.05, 0.1) is 13.7 Å². The van der Waals surface area contributed by atoms with E-state index in [0.29, 0.717) is 28.6 Å². The molecular weight excluding hydrogens is 434 g/mol. The van der Waals surface area contributed by atoms with Gasteiger partial charge in [-0.2, -0.15) is 0 Å². The molecule has 0 saturated carbocycles. The zero-order chi connectivity index (χ0) is 23.5. The topological polar surface area (TPSA) is 97.0 Å². The highest BCUT2D eigenvalue weighted by Gasteiger charge is 2.31. The van der Waals surface area contributed by atoms with Gasteiger partial charge in [-0.15, -0.1) is 0 Å². The zero-order valence-electron chi connectivity index (χ0n) is 18.4. The summed E-state index contributed by atoms with van der Waals surface area (Å²) in [6.07, 6.45) is 0.0212. The highest BCUT2D eigenvalue weighted by molar-refractivity contribution is 6.30. The summed E-state index contributed by atoms with van der Waals surface area (Å²) in [6.45, 7) is 4.09. The van der Waals surface area contributed by atoms with Crippen LogP contribution in [0.15, 0.2) is 48.5 Å². The summed E-state index contributed by atoms with van der Waals surface area (Å²) in [5.41, 5.74) is 1.20. The molecule has 0 aromatic heterocycles. The third kappa shape index (κ3) is 7.16. The van der Waals surface area contributed by atoms with Gasteiger partial charge in [-0.25, -0.2) is 9.59 Å². The Morgan fingerprint density at radius 3 is 2.25 bits per heavy atom. The Kier molecular flexibility index (Phi) is 9.81. The molecule has 0 aliphatic heterocycles. The lowest BCUT2D eigenvalue weighted by atomic mass is 10.0. The van der Waals surface area contributed by atoms with E-state index in [-0.39, 0.29) is 25.5 Å². The molecule has 0 bridgehead atoms. The van der Waals surface area contributed by atoms with Gasteiger partial charge in [-0.05, 0) is 55.8 Å². The average molecular weight is 462 g/mol. The average Bonchev–Trinajstić information content (AvgIpc) is 2.78. The van der Waals surface area contributed by atoms with Gasteiger partial charge in [0.2, 0.25) is 5.91 Å². The Morgan fingerprint density at radius 1 is 1.03 bits per heavy atom. The molecule has 0 saturated heterocycles. The van der Waals surface area contributed by atoms with Crippen LogP contribution in [0.3, 0.4) is 0 Å². The summed E-state index contributed by atoms with van der Waals surface area (Å²) < 4.78 is 10.3. The molecule has 0 spiro atoms. The Morgan fingerprint density at radius 2 is 1.69 bits per heavy atom. The first kappa shape index (κ1) is 25.0. The number of hydrogen-bond acceptors (Lipinski definition) is 5. The van der Waals surface area contributed by atoms with Crippen molar-refractivity contribution < 1.29 is 23.9 Å². The van der Waals surface area contributed by atoms with Gasteiger partial charge in [-0.1, -0.05) is 23.7 Å². The first-order valence-corrected chi connectivity index (χ1v) is 10.7. The number of rotatable bonds is 10. The molecule has 2 N–H and O–H groups in total. The molecule has 8 nitrogen and oxygen atoms in total. The number of hydrogen-bond donors (Lipinski definition) is 2. The number of anilines is 1. The van der Waals surface area contributed by atoms with Crippen molar-refractivity contribution in [2.24, 2.45) is 0 Å². The molecule has 1 atom stereocenters. The van der Waals surface area contributed by atoms with Crippen LogP contribution in [0.2, 0.25) is 5.02 Å². The first-order chi connectivity index (χ1) is 15.4. The highest BCUT2D eigenvalue weighted by Crippen LogP contribution is 2.25. The van der Waals surface area contributed by atoms with Crippen LogP contribution < -0.4 is 15.4 Å². The summed E-state index contributed by atoms with van der Waals surface area (Å²) in [5, 5.41) is 5.86. The van der Waals surface area contributed by atoms with Crippen molar-refractivity contribution >= 4 is 35.2 Å². The summed E-state index contributed by atoms with van der Waals surface area (Å²) >= 11 is 5.96. The number of methoxy groups -OCH3 is 1. The van der Waals surface area contributed by atoms with Gasteiger partial charge in [-0.3, -0.25) is 4.79 Å². The Hall–Kier alpha value is -3.26. The second-order valence-electron chi connectivity index (χ2n) is 6.75. The minimum Gasteiger partial charge on any atom is -0.497 e. The maximum atomic E-state index is 12.9. The van der Waals surface area contributed by atoms with E-state index in [4.69, 9.17) is 21.1 Å². The largest absolute Gasteiger partial charge is 0.497 e. The number of halogens is 1. The lowest BCUT2D eigenvalue weighted by Crippen LogP contribution is -2.41. The SMILES string of the molecule is CCOC(=O)[C@H](c1ccc(Cl)cc1)N(CC)C(=O)CCNC(=O)Nc1ccc(OC)cc1. The van der Waals surface area contributed by atoms with E-state index >= 15 is 0 Å². The standard InChI is InChI=1S/C23H28ClN3O5/c1-4-27(21(22(29)32-5-2)16-6-8-17(24)9-7-16)20(28)14-15-25-23(30)26-18-10-12-19(31-3)13-11-18/h6-13,21H,4-5,14-15H2,1-3H3,(H2,25,26,30)/t21-/m0/s1. The van der Waals surface area contributed by atoms with Crippen molar-refractivity contribution in [2.45, 2.75) is 26.3 Å². The Balaban J connectivity index is 1.98. The summed E-state index contributed by atoms with van der Waals surface area (Å²) in [7, 11) is 1.56. The summed E-state index contributed by atoms with van der Waals surface area (Å²) in [6, 6.07) is 12.2. The number of amides is 3. The van der Waals surface area contributed by atoms with E-state index in [1.807, 2.05) is 0 Å². The number of carbonyl (C=O) groups excluding carboxylic acids is 3. The predicted molar refractivity (Wildman–Crippen MR) is 123 cm³/mol. The molecule has 2 aromatic carbocycles. The fourth-order valence-electron chi connectivity index (χ4n) is 3.09. The molecule has 3 amide bonds. The van der Waals surface area contributed by atoms with Crippen molar-refractivity contribution in [2.75, 3.05) is 32.1 Å². The van der Waals surface area contributed by atoms with E-state index < -0.39 is 18.0 Å². The Bertz CT molecular complexity index is 903. The van der Waals surface area contributed by atoms with Gasteiger partial charge < -0.3 is 25.0 Å². The smallest absolute Gasteiger partial charge is 0.333 e. The van der Waals surface area contributed by atoms with Crippen LogP contribution in [0.5, 0.6) is 5.75 Å². The quantitative estimate of drug-likeness (QED) is 0.521. The van der Waals surface area contributed by atoms with E-state index in [9.17, 15) is 14.4 Å². The summed E-state index contributed by atoms with van der Waals surface area (Å²) in [4.78, 5) is 39.0. The normalized spacial score (nSPS) is 11.2. The van der Waals surface area contributed by atoms with Gasteiger partial charge >= 0.3 is 12.0 Å². The second kappa shape index (κ2) is 12.6. The number of ether oxygens (including phenoxy) is 2. The first-order valence-electron chi connectivity index (χ1n) is 10.3. The number of benzene rings is 2. The van der Waals surface area contributed by atoms with Gasteiger partial charge in [0.25, 0.3) is 0 Å². The van der Waals surface area contributed by atoms with Crippen LogP contribution in [0, 0.1) is 0 Å². The van der Waals surface area contributed by atoms with Gasteiger partial charge in [0.15, 0.2) is 6.04 Å². The van der Waals surface area contributed by atoms with Gasteiger partial charge in [0, 0.05) is 30.2 Å². The predicted octanol–water partition coefficient (Wildman–Crippen LogP) is 4.01. The molecule has 172 valence electrons. The van der Waals surface area contributed by atoms with Crippen LogP contribution in [0.4, 0.5) is 10.5 Å². The molecular formula is C23H28ClN3O5. The zero-order valence-corrected chi connectivity index (χ0v) is 19.1. The molecule has 0 unspecified atom stereocenters. The van der Waals surface area contributed by atoms with Crippen LogP contribution in [0.1, 0.15) is 31.9 Å². The molecule has 0 aliphatic rings. The lowest BCUT2D eigenvalue weighted by molar-refractivity contribution is -0.155. The minimum atomic E-state index is -0.891.